The van der Waals surface area contributed by atoms with Crippen LogP contribution in [0, 0.1) is 13.8 Å². The molecule has 0 aliphatic heterocycles. The Morgan fingerprint density at radius 1 is 1.21 bits per heavy atom. The highest BCUT2D eigenvalue weighted by atomic mass is 35.5. The molecule has 0 bridgehead atoms. The summed E-state index contributed by atoms with van der Waals surface area (Å²) in [6.45, 7) is 6.98. The third-order valence-corrected chi connectivity index (χ3v) is 3.36. The molecule has 3 nitrogen and oxygen atoms in total. The molecule has 0 unspecified atom stereocenters. The predicted molar refractivity (Wildman–Crippen MR) is 80.7 cm³/mol. The summed E-state index contributed by atoms with van der Waals surface area (Å²) < 4.78 is 0. The molecule has 4 heteroatoms. The van der Waals surface area contributed by atoms with Crippen LogP contribution in [0.3, 0.4) is 0 Å². The molecule has 1 N–H and O–H groups in total. The van der Waals surface area contributed by atoms with E-state index in [0.29, 0.717) is 5.95 Å². The summed E-state index contributed by atoms with van der Waals surface area (Å²) in [5.41, 5.74) is 4.06. The first-order valence-corrected chi connectivity index (χ1v) is 6.83. The fraction of sp³-hybridized carbons (Fsp3) is 0.333. The van der Waals surface area contributed by atoms with Gasteiger partial charge in [-0.1, -0.05) is 30.7 Å². The van der Waals surface area contributed by atoms with Crippen molar-refractivity contribution in [3.63, 3.8) is 0 Å². The molecule has 19 heavy (non-hydrogen) atoms. The number of aryl methyl sites for hydroxylation is 2. The van der Waals surface area contributed by atoms with Crippen molar-refractivity contribution in [3.8, 4) is 11.3 Å². The number of aromatic nitrogens is 2. The third-order valence-electron chi connectivity index (χ3n) is 2.95. The number of halogens is 1. The van der Waals surface area contributed by atoms with E-state index in [2.05, 4.69) is 22.2 Å². The van der Waals surface area contributed by atoms with Crippen LogP contribution < -0.4 is 5.32 Å². The maximum Gasteiger partial charge on any atom is 0.223 e. The molecule has 0 aliphatic carbocycles. The van der Waals surface area contributed by atoms with Gasteiger partial charge in [-0.2, -0.15) is 0 Å². The number of nitrogens with one attached hydrogen (secondary N) is 1. The Kier molecular flexibility index (Phi) is 4.38. The minimum Gasteiger partial charge on any atom is -0.354 e. The second-order valence-corrected chi connectivity index (χ2v) is 5.02. The molecular formula is C15H18ClN3. The second kappa shape index (κ2) is 6.02. The monoisotopic (exact) mass is 275 g/mol. The minimum atomic E-state index is 0.666. The highest BCUT2D eigenvalue weighted by Crippen LogP contribution is 2.26. The standard InChI is InChI=1S/C15H18ClN3/c1-4-7-17-15-18-9-11(3)14(19-15)12-6-5-10(2)13(16)8-12/h5-6,8-9H,4,7H2,1-3H3,(H,17,18,19). The number of nitrogens with zero attached hydrogens (tertiary/aromatic N) is 2. The van der Waals surface area contributed by atoms with Crippen molar-refractivity contribution in [1.29, 1.82) is 0 Å². The van der Waals surface area contributed by atoms with Crippen LogP contribution in [-0.4, -0.2) is 16.5 Å². The zero-order valence-corrected chi connectivity index (χ0v) is 12.3. The zero-order valence-electron chi connectivity index (χ0n) is 11.5. The molecule has 1 aromatic carbocycles. The zero-order chi connectivity index (χ0) is 13.8. The molecule has 0 radical (unpaired) electrons. The third kappa shape index (κ3) is 3.24. The molecule has 1 heterocycles. The van der Waals surface area contributed by atoms with Gasteiger partial charge in [0.15, 0.2) is 0 Å². The summed E-state index contributed by atoms with van der Waals surface area (Å²) >= 11 is 6.18. The van der Waals surface area contributed by atoms with Crippen LogP contribution in [0.1, 0.15) is 24.5 Å². The number of hydrogen-bond acceptors (Lipinski definition) is 3. The van der Waals surface area contributed by atoms with E-state index in [1.54, 1.807) is 0 Å². The Morgan fingerprint density at radius 3 is 2.68 bits per heavy atom. The normalized spacial score (nSPS) is 10.5. The molecule has 0 spiro atoms. The number of benzene rings is 1. The average Bonchev–Trinajstić information content (AvgIpc) is 2.41. The number of anilines is 1. The summed E-state index contributed by atoms with van der Waals surface area (Å²) in [7, 11) is 0. The molecule has 100 valence electrons. The van der Waals surface area contributed by atoms with Crippen LogP contribution in [0.2, 0.25) is 5.02 Å². The lowest BCUT2D eigenvalue weighted by molar-refractivity contribution is 0.951. The van der Waals surface area contributed by atoms with Crippen LogP contribution in [0.15, 0.2) is 24.4 Å². The van der Waals surface area contributed by atoms with Crippen LogP contribution in [0.5, 0.6) is 0 Å². The van der Waals surface area contributed by atoms with Gasteiger partial charge in [-0.3, -0.25) is 0 Å². The Hall–Kier alpha value is -1.61. The van der Waals surface area contributed by atoms with Gasteiger partial charge in [0.2, 0.25) is 5.95 Å². The van der Waals surface area contributed by atoms with Gasteiger partial charge < -0.3 is 5.32 Å². The van der Waals surface area contributed by atoms with E-state index in [1.165, 1.54) is 0 Å². The number of hydrogen-bond donors (Lipinski definition) is 1. The van der Waals surface area contributed by atoms with Gasteiger partial charge in [0, 0.05) is 23.3 Å². The van der Waals surface area contributed by atoms with Crippen molar-refractivity contribution in [1.82, 2.24) is 9.97 Å². The molecular weight excluding hydrogens is 258 g/mol. The van der Waals surface area contributed by atoms with Crippen molar-refractivity contribution < 1.29 is 0 Å². The van der Waals surface area contributed by atoms with Crippen molar-refractivity contribution in [2.24, 2.45) is 0 Å². The summed E-state index contributed by atoms with van der Waals surface area (Å²) in [5.74, 6) is 0.666. The lowest BCUT2D eigenvalue weighted by atomic mass is 10.1. The Balaban J connectivity index is 2.39. The first-order chi connectivity index (χ1) is 9.11. The summed E-state index contributed by atoms with van der Waals surface area (Å²) in [6.07, 6.45) is 2.89. The lowest BCUT2D eigenvalue weighted by Crippen LogP contribution is -2.05. The first-order valence-electron chi connectivity index (χ1n) is 6.46. The molecule has 0 amide bonds. The molecule has 0 saturated heterocycles. The smallest absolute Gasteiger partial charge is 0.223 e. The summed E-state index contributed by atoms with van der Waals surface area (Å²) in [6, 6.07) is 6.01. The van der Waals surface area contributed by atoms with Crippen LogP contribution >= 0.6 is 11.6 Å². The van der Waals surface area contributed by atoms with Crippen molar-refractivity contribution >= 4 is 17.5 Å². The highest BCUT2D eigenvalue weighted by molar-refractivity contribution is 6.31. The van der Waals surface area contributed by atoms with Crippen LogP contribution in [0.4, 0.5) is 5.95 Å². The van der Waals surface area contributed by atoms with Crippen molar-refractivity contribution in [2.75, 3.05) is 11.9 Å². The van der Waals surface area contributed by atoms with Crippen LogP contribution in [-0.2, 0) is 0 Å². The SMILES string of the molecule is CCCNc1ncc(C)c(-c2ccc(C)c(Cl)c2)n1. The van der Waals surface area contributed by atoms with Gasteiger partial charge in [0.25, 0.3) is 0 Å². The topological polar surface area (TPSA) is 37.8 Å². The molecule has 0 aliphatic rings. The predicted octanol–water partition coefficient (Wildman–Crippen LogP) is 4.24. The van der Waals surface area contributed by atoms with E-state index in [9.17, 15) is 0 Å². The lowest BCUT2D eigenvalue weighted by Gasteiger charge is -2.09. The van der Waals surface area contributed by atoms with E-state index in [0.717, 1.165) is 40.4 Å². The molecule has 0 atom stereocenters. The highest BCUT2D eigenvalue weighted by Gasteiger charge is 2.07. The quantitative estimate of drug-likeness (QED) is 0.907. The Morgan fingerprint density at radius 2 is 2.00 bits per heavy atom. The number of rotatable bonds is 4. The van der Waals surface area contributed by atoms with E-state index < -0.39 is 0 Å². The Bertz CT molecular complexity index is 582. The molecule has 1 aromatic heterocycles. The maximum atomic E-state index is 6.18. The molecule has 0 saturated carbocycles. The fourth-order valence-electron chi connectivity index (χ4n) is 1.80. The fourth-order valence-corrected chi connectivity index (χ4v) is 1.98. The van der Waals surface area contributed by atoms with Gasteiger partial charge in [-0.25, -0.2) is 9.97 Å². The molecule has 2 aromatic rings. The first kappa shape index (κ1) is 13.8. The van der Waals surface area contributed by atoms with Gasteiger partial charge in [0.05, 0.1) is 5.69 Å². The van der Waals surface area contributed by atoms with E-state index >= 15 is 0 Å². The minimum absolute atomic E-state index is 0.666. The second-order valence-electron chi connectivity index (χ2n) is 4.62. The van der Waals surface area contributed by atoms with E-state index in [-0.39, 0.29) is 0 Å². The van der Waals surface area contributed by atoms with Crippen LogP contribution in [0.25, 0.3) is 11.3 Å². The maximum absolute atomic E-state index is 6.18. The van der Waals surface area contributed by atoms with E-state index in [4.69, 9.17) is 11.6 Å². The average molecular weight is 276 g/mol. The summed E-state index contributed by atoms with van der Waals surface area (Å²) in [5, 5.41) is 3.97. The summed E-state index contributed by atoms with van der Waals surface area (Å²) in [4.78, 5) is 8.86. The van der Waals surface area contributed by atoms with Gasteiger partial charge in [-0.15, -0.1) is 0 Å². The van der Waals surface area contributed by atoms with Gasteiger partial charge in [-0.05, 0) is 37.5 Å². The van der Waals surface area contributed by atoms with E-state index in [1.807, 2.05) is 38.2 Å². The molecule has 0 fully saturated rings. The Labute approximate surface area is 119 Å². The van der Waals surface area contributed by atoms with Gasteiger partial charge >= 0.3 is 0 Å². The van der Waals surface area contributed by atoms with Crippen molar-refractivity contribution in [3.05, 3.63) is 40.5 Å². The van der Waals surface area contributed by atoms with Crippen molar-refractivity contribution in [2.45, 2.75) is 27.2 Å². The van der Waals surface area contributed by atoms with Gasteiger partial charge in [0.1, 0.15) is 0 Å². The molecule has 2 rings (SSSR count). The largest absolute Gasteiger partial charge is 0.354 e.